The Bertz CT molecular complexity index is 1030. The molecule has 1 saturated carbocycles. The first-order chi connectivity index (χ1) is 13.7. The van der Waals surface area contributed by atoms with Crippen LogP contribution in [0.5, 0.6) is 5.75 Å². The summed E-state index contributed by atoms with van der Waals surface area (Å²) in [7, 11) is 0. The molecule has 0 radical (unpaired) electrons. The summed E-state index contributed by atoms with van der Waals surface area (Å²) in [5.74, 6) is 2.51. The molecule has 144 valence electrons. The van der Waals surface area contributed by atoms with Crippen LogP contribution in [0, 0.1) is 0 Å². The highest BCUT2D eigenvalue weighted by Crippen LogP contribution is 2.36. The number of urea groups is 1. The number of amides is 2. The Kier molecular flexibility index (Phi) is 4.15. The molecule has 1 aliphatic carbocycles. The number of hydrogen-bond acceptors (Lipinski definition) is 4. The lowest BCUT2D eigenvalue weighted by atomic mass is 9.85. The highest BCUT2D eigenvalue weighted by molar-refractivity contribution is 5.89. The van der Waals surface area contributed by atoms with Crippen LogP contribution < -0.4 is 15.4 Å². The van der Waals surface area contributed by atoms with Crippen LogP contribution in [-0.4, -0.2) is 33.3 Å². The number of fused-ring (bicyclic) bond motifs is 2. The fourth-order valence-electron chi connectivity index (χ4n) is 4.00. The van der Waals surface area contributed by atoms with Crippen LogP contribution in [0.25, 0.3) is 5.65 Å². The maximum absolute atomic E-state index is 12.5. The van der Waals surface area contributed by atoms with Crippen molar-refractivity contribution in [1.29, 1.82) is 0 Å². The van der Waals surface area contributed by atoms with Crippen molar-refractivity contribution in [2.45, 2.75) is 44.1 Å². The van der Waals surface area contributed by atoms with Gasteiger partial charge in [0, 0.05) is 29.6 Å². The third-order valence-electron chi connectivity index (χ3n) is 5.86. The number of rotatable bonds is 4. The Balaban J connectivity index is 1.28. The second kappa shape index (κ2) is 6.82. The van der Waals surface area contributed by atoms with E-state index in [2.05, 4.69) is 26.9 Å². The largest absolute Gasteiger partial charge is 0.493 e. The van der Waals surface area contributed by atoms with Crippen LogP contribution in [0.15, 0.2) is 42.6 Å². The first-order valence-corrected chi connectivity index (χ1v) is 9.83. The number of nitrogens with zero attached hydrogens (tertiary/aromatic N) is 3. The van der Waals surface area contributed by atoms with Crippen molar-refractivity contribution in [1.82, 2.24) is 19.9 Å². The average molecular weight is 377 g/mol. The van der Waals surface area contributed by atoms with Crippen molar-refractivity contribution in [3.05, 3.63) is 54.0 Å². The lowest BCUT2D eigenvalue weighted by molar-refractivity contribution is 0.244. The number of aromatic nitrogens is 3. The molecule has 7 heteroatoms. The molecular formula is C21H23N5O2. The van der Waals surface area contributed by atoms with E-state index >= 15 is 0 Å². The summed E-state index contributed by atoms with van der Waals surface area (Å²) in [6, 6.07) is 11.5. The van der Waals surface area contributed by atoms with Crippen LogP contribution in [0.3, 0.4) is 0 Å². The maximum atomic E-state index is 12.5. The van der Waals surface area contributed by atoms with Crippen LogP contribution in [0.2, 0.25) is 0 Å². The van der Waals surface area contributed by atoms with Crippen LogP contribution in [0.1, 0.15) is 49.4 Å². The van der Waals surface area contributed by atoms with Gasteiger partial charge in [-0.3, -0.25) is 4.40 Å². The fraction of sp³-hybridized carbons (Fsp3) is 0.381. The summed E-state index contributed by atoms with van der Waals surface area (Å²) < 4.78 is 7.72. The monoisotopic (exact) mass is 377 g/mol. The molecule has 0 bridgehead atoms. The van der Waals surface area contributed by atoms with Gasteiger partial charge in [-0.25, -0.2) is 4.79 Å². The summed E-state index contributed by atoms with van der Waals surface area (Å²) >= 11 is 0. The second-order valence-electron chi connectivity index (χ2n) is 7.67. The van der Waals surface area contributed by atoms with Gasteiger partial charge >= 0.3 is 6.03 Å². The fourth-order valence-corrected chi connectivity index (χ4v) is 4.00. The lowest BCUT2D eigenvalue weighted by Crippen LogP contribution is -2.40. The van der Waals surface area contributed by atoms with E-state index in [0.717, 1.165) is 41.3 Å². The third kappa shape index (κ3) is 2.96. The highest BCUT2D eigenvalue weighted by Gasteiger charge is 2.29. The Hall–Kier alpha value is -3.09. The first kappa shape index (κ1) is 17.0. The molecule has 2 aliphatic rings. The molecule has 2 amide bonds. The Morgan fingerprint density at radius 2 is 2.07 bits per heavy atom. The van der Waals surface area contributed by atoms with E-state index < -0.39 is 0 Å². The molecule has 0 saturated heterocycles. The molecule has 3 heterocycles. The van der Waals surface area contributed by atoms with E-state index in [1.54, 1.807) is 0 Å². The van der Waals surface area contributed by atoms with Crippen molar-refractivity contribution in [3.63, 3.8) is 0 Å². The van der Waals surface area contributed by atoms with Gasteiger partial charge in [0.2, 0.25) is 0 Å². The molecular weight excluding hydrogens is 354 g/mol. The van der Waals surface area contributed by atoms with E-state index in [-0.39, 0.29) is 18.0 Å². The number of carbonyl (C=O) groups excluding carboxylic acids is 1. The first-order valence-electron chi connectivity index (χ1n) is 9.83. The van der Waals surface area contributed by atoms with E-state index in [9.17, 15) is 4.79 Å². The summed E-state index contributed by atoms with van der Waals surface area (Å²) in [5.41, 5.74) is 2.67. The molecule has 2 aromatic heterocycles. The molecule has 0 spiro atoms. The Morgan fingerprint density at radius 3 is 2.89 bits per heavy atom. The van der Waals surface area contributed by atoms with Crippen molar-refractivity contribution >= 4 is 17.4 Å². The van der Waals surface area contributed by atoms with E-state index in [4.69, 9.17) is 4.74 Å². The number of benzene rings is 1. The molecule has 5 rings (SSSR count). The second-order valence-corrected chi connectivity index (χ2v) is 7.67. The van der Waals surface area contributed by atoms with Crippen molar-refractivity contribution < 1.29 is 9.53 Å². The zero-order chi connectivity index (χ0) is 19.1. The summed E-state index contributed by atoms with van der Waals surface area (Å²) in [4.78, 5) is 12.5. The maximum Gasteiger partial charge on any atom is 0.319 e. The number of nitrogens with one attached hydrogen (secondary N) is 2. The minimum atomic E-state index is -0.227. The smallest absolute Gasteiger partial charge is 0.319 e. The normalized spacial score (nSPS) is 19.5. The predicted molar refractivity (Wildman–Crippen MR) is 106 cm³/mol. The van der Waals surface area contributed by atoms with Gasteiger partial charge in [-0.05, 0) is 38.0 Å². The van der Waals surface area contributed by atoms with Gasteiger partial charge in [0.05, 0.1) is 12.3 Å². The summed E-state index contributed by atoms with van der Waals surface area (Å²) in [6.07, 6.45) is 5.45. The van der Waals surface area contributed by atoms with Gasteiger partial charge in [0.1, 0.15) is 11.6 Å². The zero-order valence-corrected chi connectivity index (χ0v) is 15.8. The molecule has 1 aromatic carbocycles. The number of pyridine rings is 1. The van der Waals surface area contributed by atoms with Crippen LogP contribution in [0.4, 0.5) is 10.5 Å². The van der Waals surface area contributed by atoms with E-state index in [1.807, 2.05) is 47.9 Å². The van der Waals surface area contributed by atoms with Gasteiger partial charge in [0.15, 0.2) is 5.65 Å². The Morgan fingerprint density at radius 1 is 1.21 bits per heavy atom. The zero-order valence-electron chi connectivity index (χ0n) is 15.8. The van der Waals surface area contributed by atoms with E-state index in [0.29, 0.717) is 12.5 Å². The molecule has 0 unspecified atom stereocenters. The Labute approximate surface area is 163 Å². The molecule has 3 aromatic rings. The van der Waals surface area contributed by atoms with E-state index in [1.165, 1.54) is 6.42 Å². The van der Waals surface area contributed by atoms with Crippen LogP contribution in [-0.2, 0) is 0 Å². The van der Waals surface area contributed by atoms with Gasteiger partial charge < -0.3 is 15.4 Å². The van der Waals surface area contributed by atoms with Gasteiger partial charge in [-0.1, -0.05) is 24.6 Å². The molecule has 2 atom stereocenters. The molecule has 1 fully saturated rings. The number of para-hydroxylation sites is 1. The number of hydrogen-bond donors (Lipinski definition) is 2. The number of anilines is 1. The molecule has 1 aliphatic heterocycles. The van der Waals surface area contributed by atoms with Crippen molar-refractivity contribution in [2.24, 2.45) is 0 Å². The van der Waals surface area contributed by atoms with Crippen molar-refractivity contribution in [2.75, 3.05) is 11.9 Å². The standard InChI is InChI=1S/C21H23N5O2/c1-13(17-12-28-18-8-3-2-7-16(17)18)22-21(27)23-15-9-10-19-24-25-20(26(19)11-15)14-5-4-6-14/h2-3,7-11,13-14,17H,4-6,12H2,1H3,(H2,22,23,27)/t13-,17-/m0/s1. The number of ether oxygens (including phenoxy) is 1. The minimum Gasteiger partial charge on any atom is -0.493 e. The molecule has 7 nitrogen and oxygen atoms in total. The van der Waals surface area contributed by atoms with Crippen molar-refractivity contribution in [3.8, 4) is 5.75 Å². The predicted octanol–water partition coefficient (Wildman–Crippen LogP) is 3.68. The average Bonchev–Trinajstić information content (AvgIpc) is 3.25. The van der Waals surface area contributed by atoms with Gasteiger partial charge in [-0.2, -0.15) is 0 Å². The summed E-state index contributed by atoms with van der Waals surface area (Å²) in [5, 5.41) is 14.5. The molecule has 28 heavy (non-hydrogen) atoms. The quantitative estimate of drug-likeness (QED) is 0.727. The third-order valence-corrected chi connectivity index (χ3v) is 5.86. The number of carbonyl (C=O) groups is 1. The SMILES string of the molecule is C[C@H](NC(=O)Nc1ccc2nnc(C3CCC3)n2c1)[C@@H]1COc2ccccc21. The van der Waals surface area contributed by atoms with Crippen LogP contribution >= 0.6 is 0 Å². The van der Waals surface area contributed by atoms with Gasteiger partial charge in [0.25, 0.3) is 0 Å². The van der Waals surface area contributed by atoms with Gasteiger partial charge in [-0.15, -0.1) is 10.2 Å². The minimum absolute atomic E-state index is 0.0483. The summed E-state index contributed by atoms with van der Waals surface area (Å²) in [6.45, 7) is 2.59. The lowest BCUT2D eigenvalue weighted by Gasteiger charge is -2.23. The highest BCUT2D eigenvalue weighted by atomic mass is 16.5. The topological polar surface area (TPSA) is 80.5 Å². The molecule has 2 N–H and O–H groups in total.